The first-order valence-electron chi connectivity index (χ1n) is 3.91. The molecule has 0 aliphatic rings. The van der Waals surface area contributed by atoms with Gasteiger partial charge in [-0.2, -0.15) is 0 Å². The van der Waals surface area contributed by atoms with Gasteiger partial charge in [-0.3, -0.25) is 4.79 Å². The zero-order valence-corrected chi connectivity index (χ0v) is 7.40. The van der Waals surface area contributed by atoms with Gasteiger partial charge in [0.25, 0.3) is 5.91 Å². The second-order valence-electron chi connectivity index (χ2n) is 2.61. The van der Waals surface area contributed by atoms with E-state index in [-0.39, 0.29) is 17.5 Å². The van der Waals surface area contributed by atoms with Crippen LogP contribution < -0.4 is 11.1 Å². The molecule has 0 atom stereocenters. The molecule has 14 heavy (non-hydrogen) atoms. The van der Waals surface area contributed by atoms with Gasteiger partial charge in [-0.15, -0.1) is 0 Å². The van der Waals surface area contributed by atoms with E-state index in [1.807, 2.05) is 0 Å². The Bertz CT molecular complexity index is 490. The number of fused-ring (bicyclic) bond motifs is 1. The van der Waals surface area contributed by atoms with Crippen LogP contribution in [0.1, 0.15) is 10.6 Å². The molecule has 2 aromatic heterocycles. The van der Waals surface area contributed by atoms with Crippen molar-refractivity contribution in [3.63, 3.8) is 0 Å². The van der Waals surface area contributed by atoms with Gasteiger partial charge < -0.3 is 16.0 Å². The Morgan fingerprint density at radius 3 is 3.07 bits per heavy atom. The number of rotatable bonds is 1. The Kier molecular flexibility index (Phi) is 1.77. The van der Waals surface area contributed by atoms with Crippen molar-refractivity contribution in [2.75, 3.05) is 12.8 Å². The number of hydrogen-bond acceptors (Lipinski definition) is 5. The van der Waals surface area contributed by atoms with E-state index in [9.17, 15) is 4.79 Å². The van der Waals surface area contributed by atoms with E-state index < -0.39 is 0 Å². The van der Waals surface area contributed by atoms with Crippen molar-refractivity contribution in [3.05, 3.63) is 12.2 Å². The van der Waals surface area contributed by atoms with Crippen LogP contribution in [0.25, 0.3) is 11.2 Å². The quantitative estimate of drug-likeness (QED) is 0.553. The zero-order chi connectivity index (χ0) is 10.1. The fourth-order valence-electron chi connectivity index (χ4n) is 1.07. The third-order valence-electron chi connectivity index (χ3n) is 1.74. The third-order valence-corrected chi connectivity index (χ3v) is 1.74. The van der Waals surface area contributed by atoms with Crippen LogP contribution in [0, 0.1) is 0 Å². The van der Waals surface area contributed by atoms with Gasteiger partial charge in [-0.25, -0.2) is 15.0 Å². The molecule has 1 amide bonds. The Hall–Kier alpha value is -2.18. The van der Waals surface area contributed by atoms with Gasteiger partial charge in [-0.1, -0.05) is 0 Å². The standard InChI is InChI=1S/C7H8N6O/c1-9-7(14)6-12-4(8)3-5(13-6)11-2-10-3/h2H,1H3,(H,9,14)(H3,8,10,11,12,13). The van der Waals surface area contributed by atoms with Crippen molar-refractivity contribution in [2.45, 2.75) is 0 Å². The number of nitrogens with one attached hydrogen (secondary N) is 2. The van der Waals surface area contributed by atoms with Gasteiger partial charge in [0.05, 0.1) is 6.33 Å². The number of nitrogen functional groups attached to an aromatic ring is 1. The molecule has 0 saturated heterocycles. The molecular weight excluding hydrogens is 184 g/mol. The highest BCUT2D eigenvalue weighted by Gasteiger charge is 2.11. The summed E-state index contributed by atoms with van der Waals surface area (Å²) in [6.07, 6.45) is 1.45. The third kappa shape index (κ3) is 1.15. The Morgan fingerprint density at radius 2 is 2.36 bits per heavy atom. The minimum absolute atomic E-state index is 0.0181. The van der Waals surface area contributed by atoms with Gasteiger partial charge in [-0.05, 0) is 0 Å². The van der Waals surface area contributed by atoms with E-state index in [0.717, 1.165) is 0 Å². The maximum absolute atomic E-state index is 11.2. The first-order valence-corrected chi connectivity index (χ1v) is 3.91. The number of carbonyl (C=O) groups is 1. The molecule has 0 aliphatic carbocycles. The van der Waals surface area contributed by atoms with Crippen molar-refractivity contribution in [2.24, 2.45) is 0 Å². The molecule has 0 fully saturated rings. The molecule has 4 N–H and O–H groups in total. The number of hydrogen-bond donors (Lipinski definition) is 3. The number of nitrogens with two attached hydrogens (primary N) is 1. The molecule has 7 heteroatoms. The fourth-order valence-corrected chi connectivity index (χ4v) is 1.07. The van der Waals surface area contributed by atoms with Crippen LogP contribution >= 0.6 is 0 Å². The second kappa shape index (κ2) is 2.95. The first kappa shape index (κ1) is 8.42. The van der Waals surface area contributed by atoms with E-state index >= 15 is 0 Å². The van der Waals surface area contributed by atoms with Crippen LogP contribution in [0.2, 0.25) is 0 Å². The van der Waals surface area contributed by atoms with Crippen molar-refractivity contribution in [1.29, 1.82) is 0 Å². The number of imidazole rings is 1. The summed E-state index contributed by atoms with van der Waals surface area (Å²) in [5.41, 5.74) is 6.52. The molecule has 0 unspecified atom stereocenters. The largest absolute Gasteiger partial charge is 0.382 e. The minimum atomic E-state index is -0.387. The molecular formula is C7H8N6O. The number of aromatic amines is 1. The summed E-state index contributed by atoms with van der Waals surface area (Å²) >= 11 is 0. The second-order valence-corrected chi connectivity index (χ2v) is 2.61. The molecule has 2 aromatic rings. The lowest BCUT2D eigenvalue weighted by molar-refractivity contribution is 0.0953. The van der Waals surface area contributed by atoms with E-state index in [4.69, 9.17) is 5.73 Å². The van der Waals surface area contributed by atoms with Crippen molar-refractivity contribution in [1.82, 2.24) is 25.3 Å². The van der Waals surface area contributed by atoms with Crippen molar-refractivity contribution < 1.29 is 4.79 Å². The molecule has 0 radical (unpaired) electrons. The molecule has 2 rings (SSSR count). The average molecular weight is 192 g/mol. The molecule has 2 heterocycles. The number of anilines is 1. The van der Waals surface area contributed by atoms with Crippen LogP contribution in [0.5, 0.6) is 0 Å². The lowest BCUT2D eigenvalue weighted by Gasteiger charge is -1.99. The number of amides is 1. The van der Waals surface area contributed by atoms with Crippen LogP contribution in [0.4, 0.5) is 5.82 Å². The Morgan fingerprint density at radius 1 is 1.57 bits per heavy atom. The first-order chi connectivity index (χ1) is 6.72. The number of aromatic nitrogens is 4. The van der Waals surface area contributed by atoms with E-state index in [1.165, 1.54) is 13.4 Å². The molecule has 7 nitrogen and oxygen atoms in total. The molecule has 0 bridgehead atoms. The van der Waals surface area contributed by atoms with Crippen molar-refractivity contribution in [3.8, 4) is 0 Å². The van der Waals surface area contributed by atoms with Crippen LogP contribution in [0.3, 0.4) is 0 Å². The van der Waals surface area contributed by atoms with Gasteiger partial charge in [0.2, 0.25) is 5.82 Å². The minimum Gasteiger partial charge on any atom is -0.382 e. The summed E-state index contributed by atoms with van der Waals surface area (Å²) < 4.78 is 0. The van der Waals surface area contributed by atoms with Gasteiger partial charge >= 0.3 is 0 Å². The summed E-state index contributed by atoms with van der Waals surface area (Å²) in [4.78, 5) is 25.6. The zero-order valence-electron chi connectivity index (χ0n) is 7.40. The summed E-state index contributed by atoms with van der Waals surface area (Å²) in [6.45, 7) is 0. The average Bonchev–Trinajstić information content (AvgIpc) is 2.64. The summed E-state index contributed by atoms with van der Waals surface area (Å²) in [5, 5.41) is 2.41. The van der Waals surface area contributed by atoms with E-state index in [0.29, 0.717) is 11.2 Å². The topological polar surface area (TPSA) is 110 Å². The van der Waals surface area contributed by atoms with Crippen LogP contribution in [0.15, 0.2) is 6.33 Å². The predicted octanol–water partition coefficient (Wildman–Crippen LogP) is -0.705. The number of nitrogens with zero attached hydrogens (tertiary/aromatic N) is 3. The Labute approximate surface area is 78.8 Å². The fraction of sp³-hybridized carbons (Fsp3) is 0.143. The lowest BCUT2D eigenvalue weighted by Crippen LogP contribution is -2.21. The van der Waals surface area contributed by atoms with Gasteiger partial charge in [0.15, 0.2) is 11.5 Å². The molecule has 72 valence electrons. The molecule has 0 aromatic carbocycles. The highest BCUT2D eigenvalue weighted by atomic mass is 16.2. The predicted molar refractivity (Wildman–Crippen MR) is 49.5 cm³/mol. The van der Waals surface area contributed by atoms with Gasteiger partial charge in [0.1, 0.15) is 5.52 Å². The normalized spacial score (nSPS) is 10.4. The summed E-state index contributed by atoms with van der Waals surface area (Å²) in [7, 11) is 1.50. The van der Waals surface area contributed by atoms with E-state index in [1.54, 1.807) is 0 Å². The SMILES string of the molecule is CNC(=O)c1nc(N)c2[nH]cnc2n1. The molecule has 0 spiro atoms. The van der Waals surface area contributed by atoms with Crippen LogP contribution in [-0.2, 0) is 0 Å². The molecule has 0 aliphatic heterocycles. The van der Waals surface area contributed by atoms with Crippen LogP contribution in [-0.4, -0.2) is 32.9 Å². The van der Waals surface area contributed by atoms with Gasteiger partial charge in [0, 0.05) is 7.05 Å². The highest BCUT2D eigenvalue weighted by molar-refractivity contribution is 5.93. The van der Waals surface area contributed by atoms with E-state index in [2.05, 4.69) is 25.3 Å². The lowest BCUT2D eigenvalue weighted by atomic mass is 10.4. The summed E-state index contributed by atoms with van der Waals surface area (Å²) in [5.74, 6) is -0.155. The smallest absolute Gasteiger partial charge is 0.288 e. The number of H-pyrrole nitrogens is 1. The maximum atomic E-state index is 11.2. The van der Waals surface area contributed by atoms with Crippen molar-refractivity contribution >= 4 is 22.9 Å². The monoisotopic (exact) mass is 192 g/mol. The highest BCUT2D eigenvalue weighted by Crippen LogP contribution is 2.12. The maximum Gasteiger partial charge on any atom is 0.288 e. The Balaban J connectivity index is 2.64. The summed E-state index contributed by atoms with van der Waals surface area (Å²) in [6, 6.07) is 0. The number of carbonyl (C=O) groups excluding carboxylic acids is 1. The molecule has 0 saturated carbocycles.